The molecule has 0 bridgehead atoms. The lowest BCUT2D eigenvalue weighted by Gasteiger charge is -2.30. The number of ether oxygens (including phenoxy) is 2. The molecule has 0 N–H and O–H groups in total. The quantitative estimate of drug-likeness (QED) is 0.771. The van der Waals surface area contributed by atoms with Crippen molar-refractivity contribution in [3.05, 3.63) is 23.9 Å². The fourth-order valence-electron chi connectivity index (χ4n) is 2.74. The van der Waals surface area contributed by atoms with Crippen LogP contribution in [0.25, 0.3) is 0 Å². The van der Waals surface area contributed by atoms with E-state index in [1.165, 1.54) is 25.5 Å². The van der Waals surface area contributed by atoms with Crippen molar-refractivity contribution in [3.63, 3.8) is 0 Å². The second-order valence-corrected chi connectivity index (χ2v) is 5.21. The number of rotatable bonds is 5. The van der Waals surface area contributed by atoms with Crippen LogP contribution in [-0.4, -0.2) is 23.7 Å². The minimum absolute atomic E-state index is 0.259. The molecule has 1 aromatic rings. The predicted octanol–water partition coefficient (Wildman–Crippen LogP) is 3.61. The number of esters is 1. The molecular weight excluding hydrogens is 254 g/mol. The third-order valence-corrected chi connectivity index (χ3v) is 3.88. The Kier molecular flexibility index (Phi) is 5.39. The molecule has 2 rings (SSSR count). The van der Waals surface area contributed by atoms with E-state index >= 15 is 0 Å². The summed E-state index contributed by atoms with van der Waals surface area (Å²) in [5.74, 6) is 0.884. The molecule has 1 aromatic heterocycles. The van der Waals surface area contributed by atoms with E-state index in [9.17, 15) is 4.79 Å². The number of hydrogen-bond acceptors (Lipinski definition) is 4. The smallest absolute Gasteiger partial charge is 0.339 e. The second-order valence-electron chi connectivity index (χ2n) is 5.21. The van der Waals surface area contributed by atoms with Crippen LogP contribution in [0.5, 0.6) is 5.88 Å². The number of carbonyl (C=O) groups is 1. The SMILES string of the molecule is CCOC(=O)c1ccc(OC2CCCCC2CC)nc1. The van der Waals surface area contributed by atoms with Gasteiger partial charge in [0, 0.05) is 12.3 Å². The summed E-state index contributed by atoms with van der Waals surface area (Å²) in [4.78, 5) is 15.8. The van der Waals surface area contributed by atoms with Gasteiger partial charge in [-0.1, -0.05) is 13.3 Å². The van der Waals surface area contributed by atoms with Crippen molar-refractivity contribution >= 4 is 5.97 Å². The first-order valence-electron chi connectivity index (χ1n) is 7.54. The average Bonchev–Trinajstić information content (AvgIpc) is 2.49. The number of hydrogen-bond donors (Lipinski definition) is 0. The molecule has 0 saturated heterocycles. The molecular formula is C16H23NO3. The van der Waals surface area contributed by atoms with Gasteiger partial charge in [0.05, 0.1) is 12.2 Å². The molecule has 0 aromatic carbocycles. The molecule has 2 unspecified atom stereocenters. The van der Waals surface area contributed by atoms with Gasteiger partial charge in [0.2, 0.25) is 5.88 Å². The van der Waals surface area contributed by atoms with Gasteiger partial charge in [-0.15, -0.1) is 0 Å². The van der Waals surface area contributed by atoms with Crippen LogP contribution in [0.3, 0.4) is 0 Å². The van der Waals surface area contributed by atoms with E-state index in [1.807, 2.05) is 0 Å². The number of pyridine rings is 1. The summed E-state index contributed by atoms with van der Waals surface area (Å²) in [5, 5.41) is 0. The molecule has 1 heterocycles. The third kappa shape index (κ3) is 3.71. The minimum atomic E-state index is -0.337. The van der Waals surface area contributed by atoms with Gasteiger partial charge in [0.15, 0.2) is 0 Å². The molecule has 0 radical (unpaired) electrons. The van der Waals surface area contributed by atoms with E-state index in [0.29, 0.717) is 24.0 Å². The lowest BCUT2D eigenvalue weighted by atomic mass is 9.85. The molecule has 4 heteroatoms. The topological polar surface area (TPSA) is 48.4 Å². The first-order chi connectivity index (χ1) is 9.74. The van der Waals surface area contributed by atoms with E-state index in [2.05, 4.69) is 11.9 Å². The van der Waals surface area contributed by atoms with Crippen LogP contribution >= 0.6 is 0 Å². The zero-order valence-corrected chi connectivity index (χ0v) is 12.3. The Balaban J connectivity index is 1.97. The first-order valence-corrected chi connectivity index (χ1v) is 7.54. The summed E-state index contributed by atoms with van der Waals surface area (Å²) in [6.45, 7) is 4.37. The maximum Gasteiger partial charge on any atom is 0.339 e. The Hall–Kier alpha value is -1.58. The summed E-state index contributed by atoms with van der Waals surface area (Å²) in [6.07, 6.45) is 7.79. The standard InChI is InChI=1S/C16H23NO3/c1-3-12-7-5-6-8-14(12)20-15-10-9-13(11-17-15)16(18)19-4-2/h9-12,14H,3-8H2,1-2H3. The van der Waals surface area contributed by atoms with Gasteiger partial charge in [-0.3, -0.25) is 0 Å². The highest BCUT2D eigenvalue weighted by Crippen LogP contribution is 2.29. The van der Waals surface area contributed by atoms with Crippen LogP contribution in [0.15, 0.2) is 18.3 Å². The van der Waals surface area contributed by atoms with Crippen molar-refractivity contribution in [1.82, 2.24) is 4.98 Å². The summed E-state index contributed by atoms with van der Waals surface area (Å²) in [7, 11) is 0. The Morgan fingerprint density at radius 3 is 2.75 bits per heavy atom. The van der Waals surface area contributed by atoms with Gasteiger partial charge >= 0.3 is 5.97 Å². The normalized spacial score (nSPS) is 22.3. The molecule has 2 atom stereocenters. The molecule has 0 amide bonds. The van der Waals surface area contributed by atoms with Gasteiger partial charge in [0.25, 0.3) is 0 Å². The lowest BCUT2D eigenvalue weighted by molar-refractivity contribution is 0.0525. The van der Waals surface area contributed by atoms with E-state index in [0.717, 1.165) is 12.8 Å². The molecule has 1 saturated carbocycles. The Morgan fingerprint density at radius 2 is 2.10 bits per heavy atom. The maximum atomic E-state index is 11.5. The van der Waals surface area contributed by atoms with Gasteiger partial charge in [-0.25, -0.2) is 9.78 Å². The summed E-state index contributed by atoms with van der Waals surface area (Å²) >= 11 is 0. The second kappa shape index (κ2) is 7.27. The Morgan fingerprint density at radius 1 is 1.30 bits per heavy atom. The van der Waals surface area contributed by atoms with E-state index in [4.69, 9.17) is 9.47 Å². The molecule has 1 fully saturated rings. The maximum absolute atomic E-state index is 11.5. The summed E-state index contributed by atoms with van der Waals surface area (Å²) in [6, 6.07) is 3.47. The highest BCUT2D eigenvalue weighted by atomic mass is 16.5. The van der Waals surface area contributed by atoms with E-state index in [1.54, 1.807) is 19.1 Å². The lowest BCUT2D eigenvalue weighted by Crippen LogP contribution is -2.30. The van der Waals surface area contributed by atoms with Gasteiger partial charge in [-0.05, 0) is 44.6 Å². The van der Waals surface area contributed by atoms with Gasteiger partial charge < -0.3 is 9.47 Å². The van der Waals surface area contributed by atoms with Crippen LogP contribution in [0.4, 0.5) is 0 Å². The number of carbonyl (C=O) groups excluding carboxylic acids is 1. The third-order valence-electron chi connectivity index (χ3n) is 3.88. The van der Waals surface area contributed by atoms with Crippen LogP contribution in [-0.2, 0) is 4.74 Å². The summed E-state index contributed by atoms with van der Waals surface area (Å²) in [5.41, 5.74) is 0.467. The number of aromatic nitrogens is 1. The Bertz CT molecular complexity index is 430. The zero-order valence-electron chi connectivity index (χ0n) is 12.3. The molecule has 20 heavy (non-hydrogen) atoms. The van der Waals surface area contributed by atoms with Crippen LogP contribution in [0.2, 0.25) is 0 Å². The first kappa shape index (κ1) is 14.8. The van der Waals surface area contributed by atoms with Gasteiger partial charge in [0.1, 0.15) is 6.10 Å². The van der Waals surface area contributed by atoms with E-state index < -0.39 is 0 Å². The predicted molar refractivity (Wildman–Crippen MR) is 76.9 cm³/mol. The van der Waals surface area contributed by atoms with Crippen LogP contribution < -0.4 is 4.74 Å². The highest BCUT2D eigenvalue weighted by molar-refractivity contribution is 5.89. The molecule has 1 aliphatic carbocycles. The average molecular weight is 277 g/mol. The molecule has 0 spiro atoms. The minimum Gasteiger partial charge on any atom is -0.474 e. The fraction of sp³-hybridized carbons (Fsp3) is 0.625. The zero-order chi connectivity index (χ0) is 14.4. The summed E-state index contributed by atoms with van der Waals surface area (Å²) < 4.78 is 10.9. The van der Waals surface area contributed by atoms with Crippen molar-refractivity contribution in [3.8, 4) is 5.88 Å². The van der Waals surface area contributed by atoms with Crippen LogP contribution in [0, 0.1) is 5.92 Å². The van der Waals surface area contributed by atoms with Crippen molar-refractivity contribution in [2.75, 3.05) is 6.61 Å². The van der Waals surface area contributed by atoms with Crippen molar-refractivity contribution in [1.29, 1.82) is 0 Å². The largest absolute Gasteiger partial charge is 0.474 e. The Labute approximate surface area is 120 Å². The van der Waals surface area contributed by atoms with Crippen molar-refractivity contribution < 1.29 is 14.3 Å². The van der Waals surface area contributed by atoms with Crippen molar-refractivity contribution in [2.45, 2.75) is 52.1 Å². The van der Waals surface area contributed by atoms with Gasteiger partial charge in [-0.2, -0.15) is 0 Å². The fourth-order valence-corrected chi connectivity index (χ4v) is 2.74. The van der Waals surface area contributed by atoms with E-state index in [-0.39, 0.29) is 12.1 Å². The molecule has 110 valence electrons. The monoisotopic (exact) mass is 277 g/mol. The molecule has 1 aliphatic rings. The van der Waals surface area contributed by atoms with Crippen molar-refractivity contribution in [2.24, 2.45) is 5.92 Å². The molecule has 4 nitrogen and oxygen atoms in total. The number of nitrogens with zero attached hydrogens (tertiary/aromatic N) is 1. The highest BCUT2D eigenvalue weighted by Gasteiger charge is 2.25. The molecule has 0 aliphatic heterocycles. The van der Waals surface area contributed by atoms with Crippen LogP contribution in [0.1, 0.15) is 56.3 Å².